The third kappa shape index (κ3) is 4.89. The molecule has 12 heteroatoms. The van der Waals surface area contributed by atoms with Gasteiger partial charge in [0.25, 0.3) is 0 Å². The fourth-order valence-corrected chi connectivity index (χ4v) is 1.62. The third-order valence-electron chi connectivity index (χ3n) is 2.52. The number of nitro benzene ring substituents is 2. The first-order valence-corrected chi connectivity index (χ1v) is 6.67. The van der Waals surface area contributed by atoms with Crippen LogP contribution in [0.4, 0.5) is 11.4 Å². The number of para-hydroxylation sites is 1. The van der Waals surface area contributed by atoms with Crippen molar-refractivity contribution in [3.8, 4) is 5.75 Å². The lowest BCUT2D eigenvalue weighted by atomic mass is 10.2. The molecule has 124 valence electrons. The molecule has 0 aliphatic rings. The molecule has 1 aromatic rings. The minimum absolute atomic E-state index is 0.0528. The van der Waals surface area contributed by atoms with Crippen molar-refractivity contribution in [3.05, 3.63) is 38.4 Å². The van der Waals surface area contributed by atoms with E-state index < -0.39 is 51.4 Å². The van der Waals surface area contributed by atoms with E-state index in [9.17, 15) is 29.8 Å². The lowest BCUT2D eigenvalue weighted by molar-refractivity contribution is -0.423. The fourth-order valence-electron chi connectivity index (χ4n) is 1.46. The van der Waals surface area contributed by atoms with Crippen LogP contribution in [0.25, 0.3) is 0 Å². The predicted molar refractivity (Wildman–Crippen MR) is 80.2 cm³/mol. The second-order valence-electron chi connectivity index (χ2n) is 4.12. The Morgan fingerprint density at radius 2 is 1.96 bits per heavy atom. The maximum absolute atomic E-state index is 11.6. The van der Waals surface area contributed by atoms with Crippen LogP contribution in [0.1, 0.15) is 0 Å². The molecule has 1 aromatic carbocycles. The number of carbonyl (C=O) groups is 2. The molecule has 0 fully saturated rings. The van der Waals surface area contributed by atoms with Gasteiger partial charge in [-0.05, 0) is 6.07 Å². The average molecular weight is 344 g/mol. The first-order chi connectivity index (χ1) is 10.8. The number of nitro groups is 2. The van der Waals surface area contributed by atoms with Gasteiger partial charge in [0, 0.05) is 11.8 Å². The minimum Gasteiger partial charge on any atom is -0.418 e. The number of esters is 1. The zero-order valence-electron chi connectivity index (χ0n) is 11.5. The molecule has 0 radical (unpaired) electrons. The summed E-state index contributed by atoms with van der Waals surface area (Å²) in [5, 5.41) is 23.9. The number of hydrogen-bond acceptors (Lipinski definition) is 9. The Hall–Kier alpha value is -2.73. The van der Waals surface area contributed by atoms with Gasteiger partial charge in [0.1, 0.15) is 6.54 Å². The fraction of sp³-hybridized carbons (Fsp3) is 0.273. The largest absolute Gasteiger partial charge is 0.418 e. The zero-order chi connectivity index (χ0) is 17.6. The number of nitrogens with zero attached hydrogens (tertiary/aromatic N) is 2. The monoisotopic (exact) mass is 344 g/mol. The molecule has 0 saturated heterocycles. The number of carbonyl (C=O) groups excluding carboxylic acids is 2. The van der Waals surface area contributed by atoms with Gasteiger partial charge < -0.3 is 15.8 Å². The minimum atomic E-state index is -1.05. The van der Waals surface area contributed by atoms with Gasteiger partial charge in [-0.25, -0.2) is 4.79 Å². The summed E-state index contributed by atoms with van der Waals surface area (Å²) in [6, 6.07) is 2.13. The number of rotatable bonds is 7. The summed E-state index contributed by atoms with van der Waals surface area (Å²) < 4.78 is 4.70. The van der Waals surface area contributed by atoms with E-state index in [0.29, 0.717) is 0 Å². The first-order valence-electron chi connectivity index (χ1n) is 6.04. The van der Waals surface area contributed by atoms with E-state index in [1.54, 1.807) is 0 Å². The number of amides is 1. The Kier molecular flexibility index (Phi) is 6.41. The van der Waals surface area contributed by atoms with Crippen molar-refractivity contribution in [3.63, 3.8) is 0 Å². The number of nitrogens with two attached hydrogens (primary N) is 1. The molecule has 11 nitrogen and oxygen atoms in total. The summed E-state index contributed by atoms with van der Waals surface area (Å²) in [6.45, 7) is -0.611. The van der Waals surface area contributed by atoms with E-state index in [1.165, 1.54) is 0 Å². The summed E-state index contributed by atoms with van der Waals surface area (Å²) in [5.41, 5.74) is 3.59. The smallest absolute Gasteiger partial charge is 0.388 e. The van der Waals surface area contributed by atoms with Crippen LogP contribution in [0.2, 0.25) is 0 Å². The molecule has 0 aliphatic heterocycles. The number of ether oxygens (including phenoxy) is 1. The highest BCUT2D eigenvalue weighted by Crippen LogP contribution is 2.36. The van der Waals surface area contributed by atoms with Gasteiger partial charge in [-0.15, -0.1) is 0 Å². The van der Waals surface area contributed by atoms with Crippen molar-refractivity contribution in [2.75, 3.05) is 12.3 Å². The van der Waals surface area contributed by atoms with E-state index in [0.717, 1.165) is 18.2 Å². The number of benzene rings is 1. The molecule has 0 saturated carbocycles. The maximum Gasteiger partial charge on any atom is 0.388 e. The van der Waals surface area contributed by atoms with Crippen LogP contribution in [-0.4, -0.2) is 40.1 Å². The van der Waals surface area contributed by atoms with Crippen molar-refractivity contribution < 1.29 is 24.2 Å². The SMILES string of the molecule is N[C@@H](CS)C(=O)NCC(=O)Oc1cccc([N+](=O)[O-])c1[N+](=O)[O-]. The lowest BCUT2D eigenvalue weighted by Gasteiger charge is -2.09. The van der Waals surface area contributed by atoms with Gasteiger partial charge >= 0.3 is 17.3 Å². The predicted octanol–water partition coefficient (Wildman–Crippen LogP) is -0.218. The molecule has 23 heavy (non-hydrogen) atoms. The van der Waals surface area contributed by atoms with Crippen molar-refractivity contribution in [2.45, 2.75) is 6.04 Å². The molecule has 0 spiro atoms. The van der Waals surface area contributed by atoms with Crippen molar-refractivity contribution in [1.82, 2.24) is 5.32 Å². The summed E-state index contributed by atoms with van der Waals surface area (Å²) in [6.07, 6.45) is 0. The third-order valence-corrected chi connectivity index (χ3v) is 2.91. The maximum atomic E-state index is 11.6. The molecular weight excluding hydrogens is 332 g/mol. The van der Waals surface area contributed by atoms with E-state index in [-0.39, 0.29) is 5.75 Å². The molecule has 1 rings (SSSR count). The molecular formula is C11H12N4O7S. The number of thiol groups is 1. The van der Waals surface area contributed by atoms with Gasteiger partial charge in [-0.1, -0.05) is 6.07 Å². The second-order valence-corrected chi connectivity index (χ2v) is 4.48. The Bertz CT molecular complexity index is 651. The lowest BCUT2D eigenvalue weighted by Crippen LogP contribution is -2.44. The van der Waals surface area contributed by atoms with Gasteiger partial charge in [0.05, 0.1) is 15.9 Å². The van der Waals surface area contributed by atoms with E-state index in [2.05, 4.69) is 17.9 Å². The molecule has 1 amide bonds. The standard InChI is InChI=1S/C11H12N4O7S/c12-6(5-23)11(17)13-4-9(16)22-8-3-1-2-7(14(18)19)10(8)15(20)21/h1-3,6,23H,4-5,12H2,(H,13,17)/t6-/m0/s1. The van der Waals surface area contributed by atoms with E-state index in [1.807, 2.05) is 0 Å². The van der Waals surface area contributed by atoms with Crippen molar-refractivity contribution in [1.29, 1.82) is 0 Å². The zero-order valence-corrected chi connectivity index (χ0v) is 12.4. The molecule has 1 atom stereocenters. The van der Waals surface area contributed by atoms with Crippen LogP contribution in [0, 0.1) is 20.2 Å². The Balaban J connectivity index is 2.87. The van der Waals surface area contributed by atoms with Crippen molar-refractivity contribution in [2.24, 2.45) is 5.73 Å². The summed E-state index contributed by atoms with van der Waals surface area (Å²) in [7, 11) is 0. The van der Waals surface area contributed by atoms with Crippen LogP contribution >= 0.6 is 12.6 Å². The van der Waals surface area contributed by atoms with Crippen LogP contribution in [0.5, 0.6) is 5.75 Å². The Morgan fingerprint density at radius 1 is 1.30 bits per heavy atom. The van der Waals surface area contributed by atoms with Crippen LogP contribution in [-0.2, 0) is 9.59 Å². The second kappa shape index (κ2) is 8.05. The van der Waals surface area contributed by atoms with Crippen LogP contribution in [0.15, 0.2) is 18.2 Å². The van der Waals surface area contributed by atoms with Crippen molar-refractivity contribution >= 4 is 35.9 Å². The summed E-state index contributed by atoms with van der Waals surface area (Å²) >= 11 is 3.81. The normalized spacial score (nSPS) is 11.4. The quantitative estimate of drug-likeness (QED) is 0.200. The number of hydrogen-bond donors (Lipinski definition) is 3. The summed E-state index contributed by atoms with van der Waals surface area (Å²) in [4.78, 5) is 42.7. The topological polar surface area (TPSA) is 168 Å². The highest BCUT2D eigenvalue weighted by Gasteiger charge is 2.30. The van der Waals surface area contributed by atoms with E-state index in [4.69, 9.17) is 10.5 Å². The molecule has 0 heterocycles. The molecule has 0 aromatic heterocycles. The molecule has 3 N–H and O–H groups in total. The van der Waals surface area contributed by atoms with Gasteiger partial charge in [-0.3, -0.25) is 25.0 Å². The average Bonchev–Trinajstić information content (AvgIpc) is 2.51. The highest BCUT2D eigenvalue weighted by atomic mass is 32.1. The van der Waals surface area contributed by atoms with E-state index >= 15 is 0 Å². The Morgan fingerprint density at radius 3 is 2.48 bits per heavy atom. The number of nitrogens with one attached hydrogen (secondary N) is 1. The van der Waals surface area contributed by atoms with Gasteiger partial charge in [0.15, 0.2) is 0 Å². The van der Waals surface area contributed by atoms with Crippen LogP contribution in [0.3, 0.4) is 0 Å². The molecule has 0 aliphatic carbocycles. The van der Waals surface area contributed by atoms with Crippen LogP contribution < -0.4 is 15.8 Å². The van der Waals surface area contributed by atoms with Gasteiger partial charge in [0.2, 0.25) is 11.7 Å². The highest BCUT2D eigenvalue weighted by molar-refractivity contribution is 7.80. The summed E-state index contributed by atoms with van der Waals surface area (Å²) in [5.74, 6) is -2.25. The van der Waals surface area contributed by atoms with Gasteiger partial charge in [-0.2, -0.15) is 12.6 Å². The molecule has 0 unspecified atom stereocenters. The molecule has 0 bridgehead atoms. The Labute approximate surface area is 134 Å². The first kappa shape index (κ1) is 18.3.